The SMILES string of the molecule is O=c1c(CN2CCOCC2)ccc2n1C[C@H]1C[C@@H]2CN(Cc2cccc(Cl)c2)C1. The minimum absolute atomic E-state index is 0.215. The van der Waals surface area contributed by atoms with Gasteiger partial charge in [-0.2, -0.15) is 0 Å². The zero-order chi connectivity index (χ0) is 19.8. The fourth-order valence-corrected chi connectivity index (χ4v) is 5.45. The topological polar surface area (TPSA) is 37.7 Å². The van der Waals surface area contributed by atoms with Crippen LogP contribution < -0.4 is 5.56 Å². The average Bonchev–Trinajstić information content (AvgIpc) is 2.71. The molecule has 29 heavy (non-hydrogen) atoms. The Bertz CT molecular complexity index is 938. The van der Waals surface area contributed by atoms with E-state index in [-0.39, 0.29) is 5.56 Å². The first kappa shape index (κ1) is 19.3. The van der Waals surface area contributed by atoms with Crippen molar-refractivity contribution in [2.24, 2.45) is 5.92 Å². The number of fused-ring (bicyclic) bond motifs is 4. The Morgan fingerprint density at radius 2 is 1.86 bits per heavy atom. The number of pyridine rings is 1. The molecule has 2 saturated heterocycles. The van der Waals surface area contributed by atoms with Gasteiger partial charge < -0.3 is 9.30 Å². The lowest BCUT2D eigenvalue weighted by atomic mass is 9.82. The Morgan fingerprint density at radius 3 is 2.69 bits per heavy atom. The van der Waals surface area contributed by atoms with Gasteiger partial charge in [-0.15, -0.1) is 0 Å². The molecule has 0 amide bonds. The van der Waals surface area contributed by atoms with Crippen molar-refractivity contribution >= 4 is 11.6 Å². The number of morpholine rings is 1. The number of halogens is 1. The van der Waals surface area contributed by atoms with E-state index in [1.165, 1.54) is 17.7 Å². The first-order valence-electron chi connectivity index (χ1n) is 10.7. The third kappa shape index (κ3) is 4.15. The van der Waals surface area contributed by atoms with Crippen LogP contribution in [-0.4, -0.2) is 53.8 Å². The van der Waals surface area contributed by atoms with Gasteiger partial charge >= 0.3 is 0 Å². The molecule has 5 rings (SSSR count). The minimum Gasteiger partial charge on any atom is -0.379 e. The third-order valence-corrected chi connectivity index (χ3v) is 6.79. The predicted molar refractivity (Wildman–Crippen MR) is 114 cm³/mol. The van der Waals surface area contributed by atoms with Crippen molar-refractivity contribution < 1.29 is 4.74 Å². The average molecular weight is 414 g/mol. The first-order chi connectivity index (χ1) is 14.2. The summed E-state index contributed by atoms with van der Waals surface area (Å²) in [6.07, 6.45) is 1.19. The summed E-state index contributed by atoms with van der Waals surface area (Å²) in [5.74, 6) is 0.976. The molecule has 3 aliphatic heterocycles. The molecule has 2 aromatic rings. The van der Waals surface area contributed by atoms with Gasteiger partial charge in [0.25, 0.3) is 5.56 Å². The van der Waals surface area contributed by atoms with Crippen molar-refractivity contribution in [1.82, 2.24) is 14.4 Å². The highest BCUT2D eigenvalue weighted by molar-refractivity contribution is 6.30. The highest BCUT2D eigenvalue weighted by atomic mass is 35.5. The molecule has 2 atom stereocenters. The van der Waals surface area contributed by atoms with Crippen LogP contribution >= 0.6 is 11.6 Å². The van der Waals surface area contributed by atoms with Crippen molar-refractivity contribution in [3.63, 3.8) is 0 Å². The second-order valence-corrected chi connectivity index (χ2v) is 9.15. The number of ether oxygens (including phenoxy) is 1. The molecule has 0 aliphatic carbocycles. The summed E-state index contributed by atoms with van der Waals surface area (Å²) in [5.41, 5.74) is 3.61. The van der Waals surface area contributed by atoms with Gasteiger partial charge in [0.05, 0.1) is 13.2 Å². The van der Waals surface area contributed by atoms with E-state index in [1.807, 2.05) is 12.1 Å². The van der Waals surface area contributed by atoms with Gasteiger partial charge in [-0.05, 0) is 36.1 Å². The maximum Gasteiger partial charge on any atom is 0.255 e. The van der Waals surface area contributed by atoms with Crippen LogP contribution in [0.3, 0.4) is 0 Å². The molecule has 2 fully saturated rings. The van der Waals surface area contributed by atoms with E-state index in [4.69, 9.17) is 16.3 Å². The van der Waals surface area contributed by atoms with E-state index in [1.54, 1.807) is 0 Å². The molecule has 6 heteroatoms. The van der Waals surface area contributed by atoms with Gasteiger partial charge in [0, 0.05) is 68.0 Å². The van der Waals surface area contributed by atoms with E-state index in [2.05, 4.69) is 38.6 Å². The highest BCUT2D eigenvalue weighted by Crippen LogP contribution is 2.35. The molecule has 0 spiro atoms. The van der Waals surface area contributed by atoms with E-state index in [9.17, 15) is 4.79 Å². The van der Waals surface area contributed by atoms with E-state index in [0.29, 0.717) is 11.8 Å². The van der Waals surface area contributed by atoms with E-state index < -0.39 is 0 Å². The van der Waals surface area contributed by atoms with Crippen molar-refractivity contribution in [1.29, 1.82) is 0 Å². The largest absolute Gasteiger partial charge is 0.379 e. The summed E-state index contributed by atoms with van der Waals surface area (Å²) >= 11 is 6.16. The quantitative estimate of drug-likeness (QED) is 0.772. The molecule has 1 aromatic carbocycles. The third-order valence-electron chi connectivity index (χ3n) is 6.55. The van der Waals surface area contributed by atoms with Gasteiger partial charge in [0.15, 0.2) is 0 Å². The van der Waals surface area contributed by atoms with Gasteiger partial charge in [-0.1, -0.05) is 29.8 Å². The van der Waals surface area contributed by atoms with Gasteiger partial charge in [-0.25, -0.2) is 0 Å². The molecule has 3 aliphatic rings. The second-order valence-electron chi connectivity index (χ2n) is 8.71. The molecule has 4 heterocycles. The van der Waals surface area contributed by atoms with Gasteiger partial charge in [0.2, 0.25) is 0 Å². The van der Waals surface area contributed by atoms with Crippen LogP contribution in [0.15, 0.2) is 41.2 Å². The molecule has 0 radical (unpaired) electrons. The monoisotopic (exact) mass is 413 g/mol. The molecule has 154 valence electrons. The fraction of sp³-hybridized carbons (Fsp3) is 0.522. The molecular formula is C23H28ClN3O2. The number of benzene rings is 1. The van der Waals surface area contributed by atoms with Crippen LogP contribution in [0.1, 0.15) is 29.2 Å². The molecule has 1 aromatic heterocycles. The molecule has 0 unspecified atom stereocenters. The number of rotatable bonds is 4. The number of hydrogen-bond donors (Lipinski definition) is 0. The molecule has 2 bridgehead atoms. The van der Waals surface area contributed by atoms with Crippen LogP contribution in [0.5, 0.6) is 0 Å². The van der Waals surface area contributed by atoms with Crippen LogP contribution in [0.4, 0.5) is 0 Å². The Hall–Kier alpha value is -1.66. The molecular weight excluding hydrogens is 386 g/mol. The standard InChI is InChI=1S/C23H28ClN3O2/c24-21-3-1-2-17(11-21)12-26-13-18-10-20(16-26)22-5-4-19(23(28)27(22)14-18)15-25-6-8-29-9-7-25/h1-5,11,18,20H,6-10,12-16H2/t18-,20+/m0/s1. The summed E-state index contributed by atoms with van der Waals surface area (Å²) in [4.78, 5) is 18.1. The molecule has 0 N–H and O–H groups in total. The Labute approximate surface area is 176 Å². The van der Waals surface area contributed by atoms with Crippen LogP contribution in [0, 0.1) is 5.92 Å². The zero-order valence-corrected chi connectivity index (χ0v) is 17.5. The van der Waals surface area contributed by atoms with Crippen molar-refractivity contribution in [2.45, 2.75) is 32.0 Å². The second kappa shape index (κ2) is 8.23. The van der Waals surface area contributed by atoms with Crippen molar-refractivity contribution in [2.75, 3.05) is 39.4 Å². The predicted octanol–water partition coefficient (Wildman–Crippen LogP) is 2.95. The van der Waals surface area contributed by atoms with Crippen molar-refractivity contribution in [3.8, 4) is 0 Å². The summed E-state index contributed by atoms with van der Waals surface area (Å²) in [5, 5.41) is 0.796. The van der Waals surface area contributed by atoms with Crippen LogP contribution in [-0.2, 0) is 24.4 Å². The lowest BCUT2D eigenvalue weighted by molar-refractivity contribution is 0.0338. The number of hydrogen-bond acceptors (Lipinski definition) is 4. The number of nitrogens with zero attached hydrogens (tertiary/aromatic N) is 3. The fourth-order valence-electron chi connectivity index (χ4n) is 5.23. The molecule has 0 saturated carbocycles. The highest BCUT2D eigenvalue weighted by Gasteiger charge is 2.35. The Morgan fingerprint density at radius 1 is 1.00 bits per heavy atom. The van der Waals surface area contributed by atoms with E-state index in [0.717, 1.165) is 69.6 Å². The summed E-state index contributed by atoms with van der Waals surface area (Å²) in [6, 6.07) is 12.4. The summed E-state index contributed by atoms with van der Waals surface area (Å²) in [7, 11) is 0. The summed E-state index contributed by atoms with van der Waals surface area (Å²) in [6.45, 7) is 7.89. The summed E-state index contributed by atoms with van der Waals surface area (Å²) < 4.78 is 7.51. The lowest BCUT2D eigenvalue weighted by Gasteiger charge is -2.43. The minimum atomic E-state index is 0.215. The number of piperidine rings is 1. The number of likely N-dealkylation sites (tertiary alicyclic amines) is 1. The van der Waals surface area contributed by atoms with Gasteiger partial charge in [-0.3, -0.25) is 14.6 Å². The molecule has 5 nitrogen and oxygen atoms in total. The maximum atomic E-state index is 13.2. The normalized spacial score (nSPS) is 25.0. The smallest absolute Gasteiger partial charge is 0.255 e. The number of aromatic nitrogens is 1. The zero-order valence-electron chi connectivity index (χ0n) is 16.7. The first-order valence-corrected chi connectivity index (χ1v) is 11.0. The Balaban J connectivity index is 1.33. The van der Waals surface area contributed by atoms with Crippen LogP contribution in [0.25, 0.3) is 0 Å². The van der Waals surface area contributed by atoms with E-state index >= 15 is 0 Å². The Kier molecular flexibility index (Phi) is 5.48. The van der Waals surface area contributed by atoms with Gasteiger partial charge in [0.1, 0.15) is 0 Å². The maximum absolute atomic E-state index is 13.2. The van der Waals surface area contributed by atoms with Crippen LogP contribution in [0.2, 0.25) is 5.02 Å². The van der Waals surface area contributed by atoms with Crippen molar-refractivity contribution in [3.05, 3.63) is 68.6 Å². The lowest BCUT2D eigenvalue weighted by Crippen LogP contribution is -2.47.